The average molecular weight is 1130 g/mol. The molecule has 0 aromatic rings. The summed E-state index contributed by atoms with van der Waals surface area (Å²) in [6.07, 6.45) is 87.3. The molecule has 0 saturated heterocycles. The fourth-order valence-electron chi connectivity index (χ4n) is 11.9. The van der Waals surface area contributed by atoms with Gasteiger partial charge >= 0.3 is 5.97 Å². The molecule has 0 saturated carbocycles. The molecule has 0 rings (SSSR count). The Morgan fingerprint density at radius 3 is 0.850 bits per heavy atom. The molecule has 0 aromatic carbocycles. The van der Waals surface area contributed by atoms with Crippen molar-refractivity contribution in [3.05, 3.63) is 12.2 Å². The van der Waals surface area contributed by atoms with Gasteiger partial charge in [0.2, 0.25) is 5.91 Å². The molecule has 476 valence electrons. The molecule has 0 aliphatic carbocycles. The zero-order valence-corrected chi connectivity index (χ0v) is 54.6. The number of hydrogen-bond acceptors (Lipinski definition) is 5. The number of unbranched alkanes of at least 4 members (excludes halogenated alkanes) is 59. The number of aliphatic hydroxyl groups excluding tert-OH is 2. The van der Waals surface area contributed by atoms with Crippen LogP contribution >= 0.6 is 0 Å². The summed E-state index contributed by atoms with van der Waals surface area (Å²) in [6, 6.07) is -0.630. The van der Waals surface area contributed by atoms with Crippen molar-refractivity contribution in [3.63, 3.8) is 0 Å². The third kappa shape index (κ3) is 65.7. The molecule has 80 heavy (non-hydrogen) atoms. The van der Waals surface area contributed by atoms with Gasteiger partial charge in [-0.25, -0.2) is 0 Å². The van der Waals surface area contributed by atoms with Crippen LogP contribution in [0.15, 0.2) is 12.2 Å². The second-order valence-electron chi connectivity index (χ2n) is 25.6. The zero-order chi connectivity index (χ0) is 57.8. The number of carbonyl (C=O) groups is 2. The van der Waals surface area contributed by atoms with E-state index in [-0.39, 0.29) is 18.5 Å². The van der Waals surface area contributed by atoms with Crippen molar-refractivity contribution in [1.29, 1.82) is 0 Å². The zero-order valence-electron chi connectivity index (χ0n) is 54.6. The predicted octanol–water partition coefficient (Wildman–Crippen LogP) is 23.9. The van der Waals surface area contributed by atoms with Crippen molar-refractivity contribution in [1.82, 2.24) is 5.32 Å². The summed E-state index contributed by atoms with van der Waals surface area (Å²) < 4.78 is 5.51. The van der Waals surface area contributed by atoms with Gasteiger partial charge in [0.05, 0.1) is 25.4 Å². The van der Waals surface area contributed by atoms with Crippen LogP contribution in [0.2, 0.25) is 0 Å². The molecule has 2 unspecified atom stereocenters. The van der Waals surface area contributed by atoms with Crippen molar-refractivity contribution >= 4 is 11.9 Å². The molecule has 6 nitrogen and oxygen atoms in total. The fraction of sp³-hybridized carbons (Fsp3) is 0.946. The highest BCUT2D eigenvalue weighted by Gasteiger charge is 2.18. The van der Waals surface area contributed by atoms with Crippen LogP contribution < -0.4 is 5.32 Å². The number of rotatable bonds is 70. The van der Waals surface area contributed by atoms with Gasteiger partial charge in [0.25, 0.3) is 0 Å². The van der Waals surface area contributed by atoms with Crippen molar-refractivity contribution in [3.8, 4) is 0 Å². The van der Waals surface area contributed by atoms with Crippen LogP contribution in [0.5, 0.6) is 0 Å². The third-order valence-electron chi connectivity index (χ3n) is 17.6. The van der Waals surface area contributed by atoms with E-state index < -0.39 is 12.1 Å². The lowest BCUT2D eigenvalue weighted by molar-refractivity contribution is -0.143. The molecule has 0 spiro atoms. The number of carbonyl (C=O) groups excluding carboxylic acids is 2. The molecular formula is C74H145NO5. The summed E-state index contributed by atoms with van der Waals surface area (Å²) in [6.45, 7) is 4.96. The lowest BCUT2D eigenvalue weighted by Gasteiger charge is -2.20. The number of nitrogens with one attached hydrogen (secondary N) is 1. The quantitative estimate of drug-likeness (QED) is 0.0320. The first-order chi connectivity index (χ1) is 39.5. The molecule has 0 bridgehead atoms. The van der Waals surface area contributed by atoms with Crippen molar-refractivity contribution in [2.24, 2.45) is 0 Å². The number of esters is 1. The van der Waals surface area contributed by atoms with E-state index in [0.29, 0.717) is 19.4 Å². The molecule has 6 heteroatoms. The Morgan fingerprint density at radius 2 is 0.575 bits per heavy atom. The molecule has 1 amide bonds. The van der Waals surface area contributed by atoms with Gasteiger partial charge in [-0.3, -0.25) is 9.59 Å². The van der Waals surface area contributed by atoms with Crippen LogP contribution in [0.3, 0.4) is 0 Å². The summed E-state index contributed by atoms with van der Waals surface area (Å²) in [5.74, 6) is -0.0484. The second-order valence-corrected chi connectivity index (χ2v) is 25.6. The Kier molecular flexibility index (Phi) is 68.9. The van der Waals surface area contributed by atoms with Gasteiger partial charge in [0.15, 0.2) is 0 Å². The largest absolute Gasteiger partial charge is 0.466 e. The molecule has 0 heterocycles. The van der Waals surface area contributed by atoms with Crippen LogP contribution in [0.4, 0.5) is 0 Å². The van der Waals surface area contributed by atoms with Crippen LogP contribution in [0.25, 0.3) is 0 Å². The molecule has 0 aromatic heterocycles. The Labute approximate surface area is 501 Å². The first kappa shape index (κ1) is 78.6. The van der Waals surface area contributed by atoms with Gasteiger partial charge in [-0.15, -0.1) is 0 Å². The summed E-state index contributed by atoms with van der Waals surface area (Å²) >= 11 is 0. The highest BCUT2D eigenvalue weighted by Crippen LogP contribution is 2.20. The predicted molar refractivity (Wildman–Crippen MR) is 352 cm³/mol. The van der Waals surface area contributed by atoms with Gasteiger partial charge in [-0.2, -0.15) is 0 Å². The topological polar surface area (TPSA) is 95.9 Å². The molecule has 0 aliphatic rings. The second kappa shape index (κ2) is 70.1. The Bertz CT molecular complexity index is 1210. The number of allylic oxidation sites excluding steroid dienone is 1. The Hall–Kier alpha value is -1.40. The molecule has 0 aliphatic heterocycles. The normalized spacial score (nSPS) is 12.5. The van der Waals surface area contributed by atoms with Crippen LogP contribution in [-0.2, 0) is 14.3 Å². The van der Waals surface area contributed by atoms with Crippen molar-refractivity contribution in [2.45, 2.75) is 437 Å². The first-order valence-electron chi connectivity index (χ1n) is 37.0. The maximum atomic E-state index is 12.5. The van der Waals surface area contributed by atoms with Crippen molar-refractivity contribution in [2.75, 3.05) is 13.2 Å². The van der Waals surface area contributed by atoms with Gasteiger partial charge in [-0.05, 0) is 32.1 Å². The smallest absolute Gasteiger partial charge is 0.305 e. The SMILES string of the molecule is CCCCCCCCCCCCCCCCCCCCCCCCC/C=C/C(O)C(CO)NC(=O)CCCCCCCCCCCCCCCCCCCCCCOC(=O)CCCCCCCCCCCCCCCCCCCC. The minimum Gasteiger partial charge on any atom is -0.466 e. The monoisotopic (exact) mass is 1130 g/mol. The maximum absolute atomic E-state index is 12.5. The maximum Gasteiger partial charge on any atom is 0.305 e. The first-order valence-corrected chi connectivity index (χ1v) is 37.0. The third-order valence-corrected chi connectivity index (χ3v) is 17.6. The van der Waals surface area contributed by atoms with E-state index in [2.05, 4.69) is 19.2 Å². The van der Waals surface area contributed by atoms with E-state index in [1.54, 1.807) is 6.08 Å². The fourth-order valence-corrected chi connectivity index (χ4v) is 11.9. The van der Waals surface area contributed by atoms with E-state index in [1.807, 2.05) is 6.08 Å². The molecule has 2 atom stereocenters. The lowest BCUT2D eigenvalue weighted by atomic mass is 10.0. The van der Waals surface area contributed by atoms with Gasteiger partial charge in [0, 0.05) is 12.8 Å². The number of amides is 1. The highest BCUT2D eigenvalue weighted by molar-refractivity contribution is 5.76. The molecular weight excluding hydrogens is 983 g/mol. The van der Waals surface area contributed by atoms with Gasteiger partial charge in [-0.1, -0.05) is 392 Å². The lowest BCUT2D eigenvalue weighted by Crippen LogP contribution is -2.45. The Balaban J connectivity index is 3.40. The summed E-state index contributed by atoms with van der Waals surface area (Å²) in [5.41, 5.74) is 0. The minimum atomic E-state index is -0.847. The van der Waals surface area contributed by atoms with E-state index in [1.165, 1.54) is 360 Å². The van der Waals surface area contributed by atoms with Gasteiger partial charge < -0.3 is 20.3 Å². The highest BCUT2D eigenvalue weighted by atomic mass is 16.5. The van der Waals surface area contributed by atoms with Crippen LogP contribution in [-0.4, -0.2) is 47.4 Å². The van der Waals surface area contributed by atoms with E-state index in [4.69, 9.17) is 4.74 Å². The molecule has 3 N–H and O–H groups in total. The minimum absolute atomic E-state index is 0.0158. The van der Waals surface area contributed by atoms with E-state index in [0.717, 1.165) is 38.5 Å². The standard InChI is InChI=1S/C74H145NO5/c1-3-5-7-9-11-13-15-17-19-21-23-24-25-26-27-28-31-34-38-42-46-50-54-58-62-66-72(77)71(70-76)75-73(78)67-63-59-55-51-47-43-39-35-32-29-30-33-37-41-45-49-53-57-61-65-69-80-74(79)68-64-60-56-52-48-44-40-36-22-20-18-16-14-12-10-8-6-4-2/h62,66,71-72,76-77H,3-61,63-65,67-70H2,1-2H3,(H,75,78)/b66-62+. The molecule has 0 fully saturated rings. The number of hydrogen-bond donors (Lipinski definition) is 3. The van der Waals surface area contributed by atoms with E-state index >= 15 is 0 Å². The van der Waals surface area contributed by atoms with E-state index in [9.17, 15) is 19.8 Å². The molecule has 0 radical (unpaired) electrons. The number of aliphatic hydroxyl groups is 2. The summed E-state index contributed by atoms with van der Waals surface area (Å²) in [5, 5.41) is 23.3. The Morgan fingerprint density at radius 1 is 0.338 bits per heavy atom. The van der Waals surface area contributed by atoms with Crippen LogP contribution in [0, 0.1) is 0 Å². The van der Waals surface area contributed by atoms with Gasteiger partial charge in [0.1, 0.15) is 0 Å². The van der Waals surface area contributed by atoms with Crippen molar-refractivity contribution < 1.29 is 24.5 Å². The number of ether oxygens (including phenoxy) is 1. The summed E-state index contributed by atoms with van der Waals surface area (Å²) in [4.78, 5) is 24.7. The summed E-state index contributed by atoms with van der Waals surface area (Å²) in [7, 11) is 0. The average Bonchev–Trinajstić information content (AvgIpc) is 3.46. The van der Waals surface area contributed by atoms with Crippen LogP contribution in [0.1, 0.15) is 425 Å².